The number of aliphatic hydroxyl groups is 3. The van der Waals surface area contributed by atoms with Gasteiger partial charge in [-0.3, -0.25) is 4.55 Å². The van der Waals surface area contributed by atoms with Crippen LogP contribution in [-0.2, 0) is 10.1 Å². The molecule has 0 aliphatic heterocycles. The Balaban J connectivity index is 1.66. The first kappa shape index (κ1) is 27.8. The van der Waals surface area contributed by atoms with Gasteiger partial charge in [0.2, 0.25) is 0 Å². The molecule has 0 aromatic rings. The number of aliphatic hydroxyl groups excluding tert-OH is 2. The van der Waals surface area contributed by atoms with Gasteiger partial charge in [0, 0.05) is 0 Å². The molecule has 0 heterocycles. The Kier molecular flexibility index (Phi) is 7.32. The van der Waals surface area contributed by atoms with Crippen LogP contribution in [0.5, 0.6) is 0 Å². The molecule has 4 saturated carbocycles. The second-order valence-electron chi connectivity index (χ2n) is 13.9. The molecular weight excluding hydrogens is 464 g/mol. The highest BCUT2D eigenvalue weighted by molar-refractivity contribution is 7.85. The van der Waals surface area contributed by atoms with Crippen molar-refractivity contribution in [1.82, 2.24) is 0 Å². The summed E-state index contributed by atoms with van der Waals surface area (Å²) in [4.78, 5) is 0. The fraction of sp³-hybridized carbons (Fsp3) is 1.00. The number of fused-ring (bicyclic) bond motifs is 5. The van der Waals surface area contributed by atoms with E-state index in [-0.39, 0.29) is 70.0 Å². The van der Waals surface area contributed by atoms with E-state index in [9.17, 15) is 28.3 Å². The highest BCUT2D eigenvalue weighted by Gasteiger charge is 2.70. The summed E-state index contributed by atoms with van der Waals surface area (Å²) >= 11 is 0. The molecule has 7 heteroatoms. The van der Waals surface area contributed by atoms with E-state index in [0.29, 0.717) is 12.8 Å². The van der Waals surface area contributed by atoms with E-state index in [4.69, 9.17) is 0 Å². The summed E-state index contributed by atoms with van der Waals surface area (Å²) < 4.78 is 32.1. The van der Waals surface area contributed by atoms with Crippen molar-refractivity contribution in [2.45, 2.75) is 111 Å². The number of hydrogen-bond acceptors (Lipinski definition) is 5. The summed E-state index contributed by atoms with van der Waals surface area (Å²) in [6, 6.07) is 0. The predicted molar refractivity (Wildman–Crippen MR) is 137 cm³/mol. The quantitative estimate of drug-likeness (QED) is 0.387. The zero-order chi connectivity index (χ0) is 26.1. The Bertz CT molecular complexity index is 888. The molecule has 204 valence electrons. The average molecular weight is 515 g/mol. The van der Waals surface area contributed by atoms with Gasteiger partial charge < -0.3 is 15.3 Å². The lowest BCUT2D eigenvalue weighted by atomic mass is 9.38. The van der Waals surface area contributed by atoms with Gasteiger partial charge in [-0.1, -0.05) is 41.0 Å². The molecule has 6 nitrogen and oxygen atoms in total. The molecule has 0 aromatic heterocycles. The van der Waals surface area contributed by atoms with Crippen molar-refractivity contribution >= 4 is 10.1 Å². The van der Waals surface area contributed by atoms with Gasteiger partial charge in [-0.15, -0.1) is 0 Å². The maximum atomic E-state index is 12.3. The second kappa shape index (κ2) is 9.21. The van der Waals surface area contributed by atoms with Crippen LogP contribution in [0.1, 0.15) is 92.9 Å². The van der Waals surface area contributed by atoms with Gasteiger partial charge in [0.25, 0.3) is 10.1 Å². The Hall–Kier alpha value is -0.210. The summed E-state index contributed by atoms with van der Waals surface area (Å²) in [6.07, 6.45) is 5.98. The van der Waals surface area contributed by atoms with Gasteiger partial charge in [0.05, 0.1) is 23.6 Å². The van der Waals surface area contributed by atoms with E-state index in [0.717, 1.165) is 38.5 Å². The lowest BCUT2D eigenvalue weighted by Gasteiger charge is -2.68. The minimum absolute atomic E-state index is 0.0167. The van der Waals surface area contributed by atoms with Crippen LogP contribution >= 0.6 is 0 Å². The van der Waals surface area contributed by atoms with Crippen LogP contribution in [0.25, 0.3) is 0 Å². The van der Waals surface area contributed by atoms with Gasteiger partial charge in [-0.2, -0.15) is 8.42 Å². The molecule has 0 radical (unpaired) electrons. The molecule has 4 aliphatic rings. The highest BCUT2D eigenvalue weighted by Crippen LogP contribution is 2.71. The lowest BCUT2D eigenvalue weighted by Crippen LogP contribution is -2.69. The molecule has 0 saturated heterocycles. The minimum Gasteiger partial charge on any atom is -0.393 e. The number of rotatable bonds is 6. The first-order chi connectivity index (χ1) is 16.1. The first-order valence-corrected chi connectivity index (χ1v) is 15.7. The van der Waals surface area contributed by atoms with E-state index in [1.54, 1.807) is 0 Å². The molecule has 0 bridgehead atoms. The van der Waals surface area contributed by atoms with Gasteiger partial charge in [0.1, 0.15) is 0 Å². The summed E-state index contributed by atoms with van der Waals surface area (Å²) in [5.74, 6) is 1.06. The third-order valence-corrected chi connectivity index (χ3v) is 13.0. The predicted octanol–water partition coefficient (Wildman–Crippen LogP) is 4.52. The average Bonchev–Trinajstić information content (AvgIpc) is 3.07. The maximum Gasteiger partial charge on any atom is 0.265 e. The maximum absolute atomic E-state index is 12.3. The SMILES string of the molecule is CC[C@@H]1[C@@H]2C[C@H](O)CC[C@]2(C)C2C[C@H](O)[C@@]3(C)C(CC[C@@H]3[C@@H](C)CC(C)CS(=O)(=O)O)C2[C@]1(C)O. The van der Waals surface area contributed by atoms with Crippen LogP contribution in [-0.4, -0.2) is 51.9 Å². The largest absolute Gasteiger partial charge is 0.393 e. The van der Waals surface area contributed by atoms with Crippen molar-refractivity contribution in [1.29, 1.82) is 0 Å². The van der Waals surface area contributed by atoms with Crippen LogP contribution in [0.4, 0.5) is 0 Å². The molecule has 4 fully saturated rings. The fourth-order valence-corrected chi connectivity index (χ4v) is 11.5. The molecule has 0 amide bonds. The zero-order valence-electron chi connectivity index (χ0n) is 22.7. The molecule has 0 spiro atoms. The number of hydrogen-bond donors (Lipinski definition) is 4. The molecular formula is C28H50O6S. The standard InChI is InChI=1S/C28H50O6S/c1-7-19-22-13-18(29)10-11-26(22,4)23-14-24(30)27(5)20(8-9-21(27)25(23)28(19,6)31)17(3)12-16(2)15-35(32,33)34/h16-25,29-31H,7-15H2,1-6H3,(H,32,33,34)/t16?,17-,18+,19+,20+,21?,22-,23?,24-,25?,26-,27+,28+/m0/s1. The summed E-state index contributed by atoms with van der Waals surface area (Å²) in [7, 11) is -4.00. The van der Waals surface area contributed by atoms with Crippen LogP contribution in [0.2, 0.25) is 0 Å². The van der Waals surface area contributed by atoms with E-state index >= 15 is 0 Å². The Morgan fingerprint density at radius 2 is 1.63 bits per heavy atom. The van der Waals surface area contributed by atoms with E-state index in [1.165, 1.54) is 0 Å². The van der Waals surface area contributed by atoms with Crippen molar-refractivity contribution in [2.24, 2.45) is 58.2 Å². The normalized spacial score (nSPS) is 51.7. The van der Waals surface area contributed by atoms with Gasteiger partial charge in [0.15, 0.2) is 0 Å². The van der Waals surface area contributed by atoms with Crippen molar-refractivity contribution in [3.63, 3.8) is 0 Å². The third kappa shape index (κ3) is 4.43. The van der Waals surface area contributed by atoms with Crippen LogP contribution in [0.15, 0.2) is 0 Å². The smallest absolute Gasteiger partial charge is 0.265 e. The lowest BCUT2D eigenvalue weighted by molar-refractivity contribution is -0.263. The van der Waals surface area contributed by atoms with Crippen molar-refractivity contribution in [3.05, 3.63) is 0 Å². The third-order valence-electron chi connectivity index (χ3n) is 12.0. The monoisotopic (exact) mass is 514 g/mol. The van der Waals surface area contributed by atoms with E-state index in [2.05, 4.69) is 27.7 Å². The van der Waals surface area contributed by atoms with Gasteiger partial charge in [-0.25, -0.2) is 0 Å². The highest BCUT2D eigenvalue weighted by atomic mass is 32.2. The topological polar surface area (TPSA) is 115 Å². The second-order valence-corrected chi connectivity index (χ2v) is 15.4. The molecule has 4 unspecified atom stereocenters. The van der Waals surface area contributed by atoms with Crippen LogP contribution < -0.4 is 0 Å². The Labute approximate surface area is 213 Å². The molecule has 0 aromatic carbocycles. The zero-order valence-corrected chi connectivity index (χ0v) is 23.5. The molecule has 4 N–H and O–H groups in total. The molecule has 35 heavy (non-hydrogen) atoms. The molecule has 4 aliphatic carbocycles. The summed E-state index contributed by atoms with van der Waals surface area (Å²) in [5, 5.41) is 34.6. The van der Waals surface area contributed by atoms with Crippen molar-refractivity contribution < 1.29 is 28.3 Å². The first-order valence-electron chi connectivity index (χ1n) is 14.1. The summed E-state index contributed by atoms with van der Waals surface area (Å²) in [6.45, 7) is 12.9. The van der Waals surface area contributed by atoms with Crippen molar-refractivity contribution in [2.75, 3.05) is 5.75 Å². The Morgan fingerprint density at radius 3 is 2.23 bits per heavy atom. The van der Waals surface area contributed by atoms with Crippen LogP contribution in [0.3, 0.4) is 0 Å². The van der Waals surface area contributed by atoms with Gasteiger partial charge >= 0.3 is 0 Å². The van der Waals surface area contributed by atoms with E-state index < -0.39 is 21.8 Å². The van der Waals surface area contributed by atoms with Gasteiger partial charge in [-0.05, 0) is 110 Å². The van der Waals surface area contributed by atoms with Crippen LogP contribution in [0, 0.1) is 58.2 Å². The summed E-state index contributed by atoms with van der Waals surface area (Å²) in [5.41, 5.74) is -1.15. The Morgan fingerprint density at radius 1 is 0.971 bits per heavy atom. The molecule has 13 atom stereocenters. The minimum atomic E-state index is -4.00. The molecule has 4 rings (SSSR count). The fourth-order valence-electron chi connectivity index (χ4n) is 10.6. The van der Waals surface area contributed by atoms with E-state index in [1.807, 2.05) is 13.8 Å². The van der Waals surface area contributed by atoms with Crippen molar-refractivity contribution in [3.8, 4) is 0 Å².